The van der Waals surface area contributed by atoms with Crippen LogP contribution in [0.3, 0.4) is 0 Å². The van der Waals surface area contributed by atoms with E-state index in [2.05, 4.69) is 5.32 Å². The SMILES string of the molecule is NC(C(=O)NC1CC1c1c(F)cccc1F)C1CCOCC1. The Morgan fingerprint density at radius 3 is 2.55 bits per heavy atom. The van der Waals surface area contributed by atoms with E-state index in [1.807, 2.05) is 0 Å². The highest BCUT2D eigenvalue weighted by molar-refractivity contribution is 5.82. The van der Waals surface area contributed by atoms with Gasteiger partial charge in [0.2, 0.25) is 5.91 Å². The molecule has 2 aliphatic rings. The molecule has 1 aromatic carbocycles. The second kappa shape index (κ2) is 6.30. The minimum atomic E-state index is -0.587. The van der Waals surface area contributed by atoms with E-state index in [1.165, 1.54) is 18.2 Å². The number of benzene rings is 1. The van der Waals surface area contributed by atoms with Crippen LogP contribution in [0.15, 0.2) is 18.2 Å². The lowest BCUT2D eigenvalue weighted by molar-refractivity contribution is -0.124. The average molecular weight is 310 g/mol. The number of carbonyl (C=O) groups is 1. The molecule has 0 radical (unpaired) electrons. The topological polar surface area (TPSA) is 64.4 Å². The lowest BCUT2D eigenvalue weighted by Gasteiger charge is -2.26. The van der Waals surface area contributed by atoms with Crippen molar-refractivity contribution in [1.29, 1.82) is 0 Å². The molecule has 1 aliphatic carbocycles. The fourth-order valence-corrected chi connectivity index (χ4v) is 3.11. The molecule has 3 N–H and O–H groups in total. The van der Waals surface area contributed by atoms with Crippen molar-refractivity contribution in [1.82, 2.24) is 5.32 Å². The highest BCUT2D eigenvalue weighted by atomic mass is 19.1. The van der Waals surface area contributed by atoms with E-state index in [9.17, 15) is 13.6 Å². The average Bonchev–Trinajstić information content (AvgIpc) is 3.26. The molecule has 120 valence electrons. The van der Waals surface area contributed by atoms with Gasteiger partial charge in [0.05, 0.1) is 6.04 Å². The first kappa shape index (κ1) is 15.4. The minimum Gasteiger partial charge on any atom is -0.381 e. The van der Waals surface area contributed by atoms with Gasteiger partial charge in [-0.15, -0.1) is 0 Å². The highest BCUT2D eigenvalue weighted by Gasteiger charge is 2.43. The van der Waals surface area contributed by atoms with Gasteiger partial charge in [0.1, 0.15) is 11.6 Å². The van der Waals surface area contributed by atoms with Gasteiger partial charge in [-0.3, -0.25) is 4.79 Å². The van der Waals surface area contributed by atoms with Crippen molar-refractivity contribution < 1.29 is 18.3 Å². The van der Waals surface area contributed by atoms with Gasteiger partial charge in [0.15, 0.2) is 0 Å². The van der Waals surface area contributed by atoms with Crippen LogP contribution in [0.1, 0.15) is 30.7 Å². The number of nitrogens with one attached hydrogen (secondary N) is 1. The van der Waals surface area contributed by atoms with Crippen LogP contribution in [-0.4, -0.2) is 31.2 Å². The zero-order valence-electron chi connectivity index (χ0n) is 12.2. The van der Waals surface area contributed by atoms with E-state index in [0.717, 1.165) is 12.8 Å². The van der Waals surface area contributed by atoms with Crippen LogP contribution in [0.5, 0.6) is 0 Å². The van der Waals surface area contributed by atoms with Gasteiger partial charge in [0, 0.05) is 30.7 Å². The summed E-state index contributed by atoms with van der Waals surface area (Å²) in [4.78, 5) is 12.2. The Hall–Kier alpha value is -1.53. The molecule has 6 heteroatoms. The first-order valence-corrected chi connectivity index (χ1v) is 7.65. The summed E-state index contributed by atoms with van der Waals surface area (Å²) in [5, 5.41) is 2.82. The van der Waals surface area contributed by atoms with Crippen LogP contribution in [-0.2, 0) is 9.53 Å². The Bertz CT molecular complexity index is 541. The second-order valence-corrected chi connectivity index (χ2v) is 6.07. The Morgan fingerprint density at radius 2 is 1.91 bits per heavy atom. The molecule has 0 bridgehead atoms. The van der Waals surface area contributed by atoms with E-state index in [1.54, 1.807) is 0 Å². The molecule has 1 saturated carbocycles. The molecule has 3 unspecified atom stereocenters. The molecule has 2 fully saturated rings. The molecule has 1 amide bonds. The summed E-state index contributed by atoms with van der Waals surface area (Å²) in [5.41, 5.74) is 6.06. The van der Waals surface area contributed by atoms with Crippen LogP contribution in [0.2, 0.25) is 0 Å². The zero-order chi connectivity index (χ0) is 15.7. The van der Waals surface area contributed by atoms with Crippen molar-refractivity contribution in [2.75, 3.05) is 13.2 Å². The third-order valence-corrected chi connectivity index (χ3v) is 4.57. The molecule has 1 aromatic rings. The van der Waals surface area contributed by atoms with Crippen molar-refractivity contribution >= 4 is 5.91 Å². The van der Waals surface area contributed by atoms with Crippen LogP contribution < -0.4 is 11.1 Å². The minimum absolute atomic E-state index is 0.0624. The van der Waals surface area contributed by atoms with Gasteiger partial charge in [0.25, 0.3) is 0 Å². The van der Waals surface area contributed by atoms with Gasteiger partial charge in [-0.05, 0) is 37.3 Å². The largest absolute Gasteiger partial charge is 0.381 e. The van der Waals surface area contributed by atoms with Crippen molar-refractivity contribution in [2.24, 2.45) is 11.7 Å². The fraction of sp³-hybridized carbons (Fsp3) is 0.562. The van der Waals surface area contributed by atoms with Gasteiger partial charge in [-0.1, -0.05) is 6.07 Å². The quantitative estimate of drug-likeness (QED) is 0.889. The molecule has 1 saturated heterocycles. The van der Waals surface area contributed by atoms with Crippen LogP contribution in [0.4, 0.5) is 8.78 Å². The summed E-state index contributed by atoms with van der Waals surface area (Å²) in [6.45, 7) is 1.25. The molecular formula is C16H20F2N2O2. The first-order valence-electron chi connectivity index (χ1n) is 7.65. The Kier molecular flexibility index (Phi) is 4.40. The maximum atomic E-state index is 13.7. The van der Waals surface area contributed by atoms with Gasteiger partial charge < -0.3 is 15.8 Å². The molecule has 3 atom stereocenters. The summed E-state index contributed by atoms with van der Waals surface area (Å²) < 4.78 is 32.7. The van der Waals surface area contributed by atoms with Crippen LogP contribution in [0.25, 0.3) is 0 Å². The van der Waals surface area contributed by atoms with E-state index >= 15 is 0 Å². The summed E-state index contributed by atoms with van der Waals surface area (Å²) in [7, 11) is 0. The summed E-state index contributed by atoms with van der Waals surface area (Å²) in [5.74, 6) is -1.55. The molecule has 22 heavy (non-hydrogen) atoms. The van der Waals surface area contributed by atoms with E-state index in [4.69, 9.17) is 10.5 Å². The summed E-state index contributed by atoms with van der Waals surface area (Å²) in [6.07, 6.45) is 2.08. The Morgan fingerprint density at radius 1 is 1.27 bits per heavy atom. The lowest BCUT2D eigenvalue weighted by Crippen LogP contribution is -2.47. The summed E-state index contributed by atoms with van der Waals surface area (Å²) >= 11 is 0. The molecule has 1 heterocycles. The third-order valence-electron chi connectivity index (χ3n) is 4.57. The van der Waals surface area contributed by atoms with Gasteiger partial charge in [-0.2, -0.15) is 0 Å². The second-order valence-electron chi connectivity index (χ2n) is 6.07. The Balaban J connectivity index is 1.58. The number of nitrogens with two attached hydrogens (primary N) is 1. The van der Waals surface area contributed by atoms with Crippen LogP contribution >= 0.6 is 0 Å². The van der Waals surface area contributed by atoms with E-state index in [0.29, 0.717) is 19.6 Å². The molecule has 0 aromatic heterocycles. The number of rotatable bonds is 4. The number of hydrogen-bond donors (Lipinski definition) is 2. The van der Waals surface area contributed by atoms with Crippen molar-refractivity contribution in [3.05, 3.63) is 35.4 Å². The molecule has 3 rings (SSSR count). The van der Waals surface area contributed by atoms with E-state index < -0.39 is 17.7 Å². The molecule has 4 nitrogen and oxygen atoms in total. The highest BCUT2D eigenvalue weighted by Crippen LogP contribution is 2.43. The standard InChI is InChI=1S/C16H20F2N2O2/c17-11-2-1-3-12(18)14(11)10-8-13(10)20-16(21)15(19)9-4-6-22-7-5-9/h1-3,9-10,13,15H,4-8,19H2,(H,20,21). The fourth-order valence-electron chi connectivity index (χ4n) is 3.11. The molecule has 1 aliphatic heterocycles. The monoisotopic (exact) mass is 310 g/mol. The zero-order valence-corrected chi connectivity index (χ0v) is 12.2. The number of carbonyl (C=O) groups excluding carboxylic acids is 1. The lowest BCUT2D eigenvalue weighted by atomic mass is 9.92. The van der Waals surface area contributed by atoms with Gasteiger partial charge >= 0.3 is 0 Å². The van der Waals surface area contributed by atoms with Crippen LogP contribution in [0, 0.1) is 17.6 Å². The number of ether oxygens (including phenoxy) is 1. The van der Waals surface area contributed by atoms with E-state index in [-0.39, 0.29) is 29.3 Å². The number of hydrogen-bond acceptors (Lipinski definition) is 3. The van der Waals surface area contributed by atoms with Crippen molar-refractivity contribution in [3.8, 4) is 0 Å². The van der Waals surface area contributed by atoms with Crippen molar-refractivity contribution in [3.63, 3.8) is 0 Å². The number of amides is 1. The summed E-state index contributed by atoms with van der Waals surface area (Å²) in [6, 6.07) is 3.00. The maximum Gasteiger partial charge on any atom is 0.237 e. The predicted molar refractivity (Wildman–Crippen MR) is 77.2 cm³/mol. The molecule has 0 spiro atoms. The Labute approximate surface area is 128 Å². The van der Waals surface area contributed by atoms with Crippen molar-refractivity contribution in [2.45, 2.75) is 37.3 Å². The maximum absolute atomic E-state index is 13.7. The third kappa shape index (κ3) is 3.13. The van der Waals surface area contributed by atoms with Gasteiger partial charge in [-0.25, -0.2) is 8.78 Å². The first-order chi connectivity index (χ1) is 10.6. The predicted octanol–water partition coefficient (Wildman–Crippen LogP) is 1.69. The normalized spacial score (nSPS) is 26.5. The smallest absolute Gasteiger partial charge is 0.237 e. The molecular weight excluding hydrogens is 290 g/mol. The number of halogens is 2.